The zero-order valence-corrected chi connectivity index (χ0v) is 20.3. The molecule has 0 amide bonds. The molecular weight excluding hydrogens is 462 g/mol. The Morgan fingerprint density at radius 3 is 2.74 bits per heavy atom. The summed E-state index contributed by atoms with van der Waals surface area (Å²) in [5.41, 5.74) is 4.08. The van der Waals surface area contributed by atoms with Gasteiger partial charge in [0.1, 0.15) is 5.75 Å². The van der Waals surface area contributed by atoms with E-state index < -0.39 is 0 Å². The van der Waals surface area contributed by atoms with Crippen molar-refractivity contribution in [2.75, 3.05) is 19.2 Å². The lowest BCUT2D eigenvalue weighted by atomic mass is 10.1. The average Bonchev–Trinajstić information content (AvgIpc) is 3.33. The van der Waals surface area contributed by atoms with Gasteiger partial charge in [0.05, 0.1) is 24.9 Å². The summed E-state index contributed by atoms with van der Waals surface area (Å²) in [7, 11) is 1.62. The van der Waals surface area contributed by atoms with E-state index in [1.165, 1.54) is 0 Å². The molecule has 0 radical (unpaired) electrons. The third-order valence-corrected chi connectivity index (χ3v) is 6.33. The highest BCUT2D eigenvalue weighted by molar-refractivity contribution is 7.80. The number of aryl methyl sites for hydroxylation is 1. The summed E-state index contributed by atoms with van der Waals surface area (Å²) in [6.45, 7) is 2.97. The average molecular weight is 488 g/mol. The molecule has 0 aliphatic carbocycles. The Labute approximate surface area is 208 Å². The number of aromatic nitrogens is 1. The minimum Gasteiger partial charge on any atom is -0.495 e. The number of H-pyrrole nitrogens is 1. The van der Waals surface area contributed by atoms with Gasteiger partial charge in [0.25, 0.3) is 5.56 Å². The number of fused-ring (bicyclic) bond motifs is 2. The van der Waals surface area contributed by atoms with Crippen LogP contribution in [0.1, 0.15) is 16.7 Å². The number of nitrogens with zero attached hydrogens (tertiary/aromatic N) is 1. The van der Waals surface area contributed by atoms with Gasteiger partial charge >= 0.3 is 0 Å². The van der Waals surface area contributed by atoms with Gasteiger partial charge in [0.15, 0.2) is 16.6 Å². The van der Waals surface area contributed by atoms with Gasteiger partial charge in [0.2, 0.25) is 6.79 Å². The Hall–Kier alpha value is -4.04. The smallest absolute Gasteiger partial charge is 0.253 e. The van der Waals surface area contributed by atoms with Crippen LogP contribution in [0.25, 0.3) is 10.9 Å². The third kappa shape index (κ3) is 4.79. The molecule has 7 nitrogen and oxygen atoms in total. The zero-order valence-electron chi connectivity index (χ0n) is 19.5. The largest absolute Gasteiger partial charge is 0.495 e. The number of benzene rings is 3. The highest BCUT2D eigenvalue weighted by Gasteiger charge is 2.19. The molecule has 4 aromatic rings. The fraction of sp³-hybridized carbons (Fsp3) is 0.185. The summed E-state index contributed by atoms with van der Waals surface area (Å²) >= 11 is 5.81. The summed E-state index contributed by atoms with van der Waals surface area (Å²) in [5.74, 6) is 2.10. The summed E-state index contributed by atoms with van der Waals surface area (Å²) < 4.78 is 16.4. The molecular formula is C27H25N3O4S. The normalized spacial score (nSPS) is 11.9. The second kappa shape index (κ2) is 9.68. The maximum absolute atomic E-state index is 13.0. The predicted molar refractivity (Wildman–Crippen MR) is 140 cm³/mol. The van der Waals surface area contributed by atoms with Crippen LogP contribution in [0.15, 0.2) is 71.5 Å². The second-order valence-electron chi connectivity index (χ2n) is 8.34. The Morgan fingerprint density at radius 1 is 1.06 bits per heavy atom. The van der Waals surface area contributed by atoms with Crippen LogP contribution in [-0.2, 0) is 13.1 Å². The summed E-state index contributed by atoms with van der Waals surface area (Å²) in [4.78, 5) is 18.0. The lowest BCUT2D eigenvalue weighted by Gasteiger charge is -2.26. The molecule has 3 aromatic carbocycles. The van der Waals surface area contributed by atoms with Crippen LogP contribution in [0, 0.1) is 6.92 Å². The van der Waals surface area contributed by atoms with Gasteiger partial charge in [-0.15, -0.1) is 0 Å². The second-order valence-corrected chi connectivity index (χ2v) is 8.72. The fourth-order valence-corrected chi connectivity index (χ4v) is 4.39. The van der Waals surface area contributed by atoms with Crippen molar-refractivity contribution in [3.63, 3.8) is 0 Å². The molecule has 2 N–H and O–H groups in total. The van der Waals surface area contributed by atoms with E-state index in [4.69, 9.17) is 26.4 Å². The number of rotatable bonds is 6. The van der Waals surface area contributed by atoms with E-state index >= 15 is 0 Å². The maximum atomic E-state index is 13.0. The van der Waals surface area contributed by atoms with Crippen molar-refractivity contribution in [3.05, 3.63) is 93.8 Å². The molecule has 35 heavy (non-hydrogen) atoms. The first-order valence-electron chi connectivity index (χ1n) is 11.2. The molecule has 1 aliphatic rings. The number of aromatic amines is 1. The fourth-order valence-electron chi connectivity index (χ4n) is 4.15. The molecule has 0 fully saturated rings. The SMILES string of the molecule is COc1ccccc1NC(=S)N(Cc1ccc2c(c1)OCO2)Cc1cc2cccc(C)c2[nH]c1=O. The van der Waals surface area contributed by atoms with Crippen LogP contribution < -0.4 is 25.1 Å². The van der Waals surface area contributed by atoms with E-state index in [0.717, 1.165) is 33.5 Å². The molecule has 0 bridgehead atoms. The van der Waals surface area contributed by atoms with E-state index in [2.05, 4.69) is 10.3 Å². The summed E-state index contributed by atoms with van der Waals surface area (Å²) in [5, 5.41) is 4.73. The molecule has 0 saturated heterocycles. The van der Waals surface area contributed by atoms with Gasteiger partial charge in [-0.2, -0.15) is 0 Å². The first-order chi connectivity index (χ1) is 17.0. The molecule has 0 saturated carbocycles. The Morgan fingerprint density at radius 2 is 1.89 bits per heavy atom. The molecule has 5 rings (SSSR count). The van der Waals surface area contributed by atoms with Gasteiger partial charge in [-0.3, -0.25) is 4.79 Å². The lowest BCUT2D eigenvalue weighted by molar-refractivity contribution is 0.174. The Balaban J connectivity index is 1.48. The van der Waals surface area contributed by atoms with Gasteiger partial charge in [-0.25, -0.2) is 0 Å². The number of ether oxygens (including phenoxy) is 3. The number of nitrogens with one attached hydrogen (secondary N) is 2. The minimum absolute atomic E-state index is 0.137. The van der Waals surface area contributed by atoms with Crippen molar-refractivity contribution in [1.82, 2.24) is 9.88 Å². The van der Waals surface area contributed by atoms with Crippen molar-refractivity contribution in [1.29, 1.82) is 0 Å². The minimum atomic E-state index is -0.137. The number of hydrogen-bond acceptors (Lipinski definition) is 5. The number of pyridine rings is 1. The number of para-hydroxylation sites is 3. The third-order valence-electron chi connectivity index (χ3n) is 5.97. The maximum Gasteiger partial charge on any atom is 0.253 e. The number of methoxy groups -OCH3 is 1. The summed E-state index contributed by atoms with van der Waals surface area (Å²) in [6, 6.07) is 21.3. The van der Waals surface area contributed by atoms with Crippen LogP contribution in [0.5, 0.6) is 17.2 Å². The Bertz CT molecular complexity index is 1470. The van der Waals surface area contributed by atoms with Gasteiger partial charge < -0.3 is 29.4 Å². The number of thiocarbonyl (C=S) groups is 1. The molecule has 0 atom stereocenters. The zero-order chi connectivity index (χ0) is 24.4. The highest BCUT2D eigenvalue weighted by atomic mass is 32.1. The molecule has 1 aliphatic heterocycles. The molecule has 8 heteroatoms. The van der Waals surface area contributed by atoms with Crippen molar-refractivity contribution in [2.24, 2.45) is 0 Å². The first kappa shape index (κ1) is 22.7. The van der Waals surface area contributed by atoms with E-state index in [0.29, 0.717) is 35.3 Å². The lowest BCUT2D eigenvalue weighted by Crippen LogP contribution is -2.35. The van der Waals surface area contributed by atoms with Crippen LogP contribution in [0.3, 0.4) is 0 Å². The van der Waals surface area contributed by atoms with Crippen LogP contribution >= 0.6 is 12.2 Å². The summed E-state index contributed by atoms with van der Waals surface area (Å²) in [6.07, 6.45) is 0. The van der Waals surface area contributed by atoms with Crippen LogP contribution in [0.4, 0.5) is 5.69 Å². The predicted octanol–water partition coefficient (Wildman–Crippen LogP) is 4.97. The van der Waals surface area contributed by atoms with Gasteiger partial charge in [-0.05, 0) is 66.0 Å². The number of hydrogen-bond donors (Lipinski definition) is 2. The molecule has 1 aromatic heterocycles. The van der Waals surface area contributed by atoms with E-state index in [1.807, 2.05) is 78.6 Å². The van der Waals surface area contributed by atoms with Gasteiger partial charge in [-0.1, -0.05) is 36.4 Å². The van der Waals surface area contributed by atoms with E-state index in [1.54, 1.807) is 7.11 Å². The molecule has 2 heterocycles. The topological polar surface area (TPSA) is 75.8 Å². The van der Waals surface area contributed by atoms with Gasteiger partial charge in [0, 0.05) is 12.1 Å². The van der Waals surface area contributed by atoms with E-state index in [9.17, 15) is 4.79 Å². The van der Waals surface area contributed by atoms with Crippen LogP contribution in [0.2, 0.25) is 0 Å². The van der Waals surface area contributed by atoms with Crippen molar-refractivity contribution >= 4 is 33.9 Å². The van der Waals surface area contributed by atoms with Crippen molar-refractivity contribution in [3.8, 4) is 17.2 Å². The van der Waals surface area contributed by atoms with Crippen LogP contribution in [-0.4, -0.2) is 28.9 Å². The monoisotopic (exact) mass is 487 g/mol. The highest BCUT2D eigenvalue weighted by Crippen LogP contribution is 2.33. The van der Waals surface area contributed by atoms with Crippen molar-refractivity contribution < 1.29 is 14.2 Å². The number of anilines is 1. The standard InChI is InChI=1S/C27H25N3O4S/c1-17-6-5-7-19-13-20(26(31)29-25(17)19)15-30(14-18-10-11-23-24(12-18)34-16-33-23)27(35)28-21-8-3-4-9-22(21)32-2/h3-13H,14-16H2,1-2H3,(H,28,35)(H,29,31). The quantitative estimate of drug-likeness (QED) is 0.372. The van der Waals surface area contributed by atoms with E-state index in [-0.39, 0.29) is 12.4 Å². The first-order valence-corrected chi connectivity index (χ1v) is 11.6. The molecule has 178 valence electrons. The molecule has 0 spiro atoms. The van der Waals surface area contributed by atoms with Crippen molar-refractivity contribution in [2.45, 2.75) is 20.0 Å². The Kier molecular flexibility index (Phi) is 6.29. The molecule has 0 unspecified atom stereocenters.